The molecule has 3 nitrogen and oxygen atoms in total. The molecule has 18 heavy (non-hydrogen) atoms. The third-order valence-electron chi connectivity index (χ3n) is 3.38. The first-order chi connectivity index (χ1) is 8.58. The van der Waals surface area contributed by atoms with Crippen molar-refractivity contribution in [1.82, 2.24) is 0 Å². The normalized spacial score (nSPS) is 15.3. The lowest BCUT2D eigenvalue weighted by Gasteiger charge is -2.13. The lowest BCUT2D eigenvalue weighted by Crippen LogP contribution is -2.26. The monoisotopic (exact) mass is 248 g/mol. The maximum absolute atomic E-state index is 11.7. The summed E-state index contributed by atoms with van der Waals surface area (Å²) in [6, 6.07) is 6.08. The smallest absolute Gasteiger partial charge is 0.161 e. The molecule has 1 unspecified atom stereocenters. The molecule has 0 radical (unpaired) electrons. The molecular formula is C15H20O3. The van der Waals surface area contributed by atoms with E-state index in [0.29, 0.717) is 12.8 Å². The van der Waals surface area contributed by atoms with Crippen LogP contribution in [0, 0.1) is 5.92 Å². The van der Waals surface area contributed by atoms with Crippen molar-refractivity contribution in [3.05, 3.63) is 29.3 Å². The van der Waals surface area contributed by atoms with Gasteiger partial charge in [0.1, 0.15) is 11.9 Å². The molecule has 1 heterocycles. The first kappa shape index (κ1) is 13.1. The van der Waals surface area contributed by atoms with Crippen LogP contribution in [0.15, 0.2) is 18.2 Å². The van der Waals surface area contributed by atoms with Gasteiger partial charge < -0.3 is 9.84 Å². The zero-order valence-corrected chi connectivity index (χ0v) is 11.0. The predicted molar refractivity (Wildman–Crippen MR) is 69.8 cm³/mol. The van der Waals surface area contributed by atoms with E-state index in [2.05, 4.69) is 6.07 Å². The number of benzene rings is 1. The van der Waals surface area contributed by atoms with E-state index in [-0.39, 0.29) is 11.7 Å². The van der Waals surface area contributed by atoms with Gasteiger partial charge in [0.05, 0.1) is 6.61 Å². The summed E-state index contributed by atoms with van der Waals surface area (Å²) >= 11 is 0. The van der Waals surface area contributed by atoms with E-state index in [0.717, 1.165) is 24.3 Å². The van der Waals surface area contributed by atoms with Crippen LogP contribution in [0.5, 0.6) is 5.75 Å². The lowest BCUT2D eigenvalue weighted by molar-refractivity contribution is -0.129. The molecule has 1 aliphatic rings. The zero-order valence-electron chi connectivity index (χ0n) is 11.0. The van der Waals surface area contributed by atoms with Gasteiger partial charge in [0.15, 0.2) is 5.78 Å². The SMILES string of the molecule is CC(C)C(O)C(=O)CCc1ccc2c(c1)CCO2. The van der Waals surface area contributed by atoms with Gasteiger partial charge in [0.2, 0.25) is 0 Å². The number of hydrogen-bond donors (Lipinski definition) is 1. The van der Waals surface area contributed by atoms with Crippen LogP contribution < -0.4 is 4.74 Å². The van der Waals surface area contributed by atoms with Crippen molar-refractivity contribution >= 4 is 5.78 Å². The summed E-state index contributed by atoms with van der Waals surface area (Å²) < 4.78 is 5.44. The van der Waals surface area contributed by atoms with Gasteiger partial charge in [-0.2, -0.15) is 0 Å². The average Bonchev–Trinajstić information content (AvgIpc) is 2.82. The first-order valence-corrected chi connectivity index (χ1v) is 6.53. The van der Waals surface area contributed by atoms with Crippen LogP contribution in [0.2, 0.25) is 0 Å². The van der Waals surface area contributed by atoms with Crippen LogP contribution in [-0.2, 0) is 17.6 Å². The minimum atomic E-state index is -0.831. The standard InChI is InChI=1S/C15H20O3/c1-10(2)15(17)13(16)5-3-11-4-6-14-12(9-11)7-8-18-14/h4,6,9-10,15,17H,3,5,7-8H2,1-2H3. The topological polar surface area (TPSA) is 46.5 Å². The van der Waals surface area contributed by atoms with Crippen LogP contribution in [0.25, 0.3) is 0 Å². The number of aliphatic hydroxyl groups is 1. The molecular weight excluding hydrogens is 228 g/mol. The second-order valence-electron chi connectivity index (χ2n) is 5.20. The van der Waals surface area contributed by atoms with Gasteiger partial charge in [-0.1, -0.05) is 26.0 Å². The Hall–Kier alpha value is -1.35. The number of fused-ring (bicyclic) bond motifs is 1. The summed E-state index contributed by atoms with van der Waals surface area (Å²) in [6.07, 6.45) is 1.21. The minimum absolute atomic E-state index is 0.00841. The fourth-order valence-electron chi connectivity index (χ4n) is 2.18. The third kappa shape index (κ3) is 2.91. The quantitative estimate of drug-likeness (QED) is 0.868. The number of aliphatic hydroxyl groups excluding tert-OH is 1. The molecule has 1 atom stereocenters. The molecule has 0 spiro atoms. The van der Waals surface area contributed by atoms with Gasteiger partial charge in [0, 0.05) is 12.8 Å². The van der Waals surface area contributed by atoms with E-state index in [1.165, 1.54) is 5.56 Å². The summed E-state index contributed by atoms with van der Waals surface area (Å²) in [5, 5.41) is 9.66. The Balaban J connectivity index is 1.93. The van der Waals surface area contributed by atoms with Gasteiger partial charge >= 0.3 is 0 Å². The summed E-state index contributed by atoms with van der Waals surface area (Å²) in [5.41, 5.74) is 2.37. The van der Waals surface area contributed by atoms with Gasteiger partial charge in [0.25, 0.3) is 0 Å². The van der Waals surface area contributed by atoms with Crippen LogP contribution in [0.4, 0.5) is 0 Å². The van der Waals surface area contributed by atoms with Crippen molar-refractivity contribution in [2.75, 3.05) is 6.61 Å². The number of ketones is 1. The molecule has 2 rings (SSSR count). The Morgan fingerprint density at radius 3 is 2.94 bits per heavy atom. The summed E-state index contributed by atoms with van der Waals surface area (Å²) in [6.45, 7) is 4.47. The van der Waals surface area contributed by atoms with E-state index in [1.807, 2.05) is 26.0 Å². The molecule has 1 aromatic carbocycles. The molecule has 3 heteroatoms. The molecule has 0 aromatic heterocycles. The Morgan fingerprint density at radius 1 is 1.44 bits per heavy atom. The van der Waals surface area contributed by atoms with Gasteiger partial charge in [-0.15, -0.1) is 0 Å². The summed E-state index contributed by atoms with van der Waals surface area (Å²) in [4.78, 5) is 11.7. The predicted octanol–water partition coefficient (Wildman–Crippen LogP) is 2.14. The van der Waals surface area contributed by atoms with Crippen molar-refractivity contribution in [3.8, 4) is 5.75 Å². The average molecular weight is 248 g/mol. The maximum atomic E-state index is 11.7. The number of rotatable bonds is 5. The molecule has 1 N–H and O–H groups in total. The third-order valence-corrected chi connectivity index (χ3v) is 3.38. The van der Waals surface area contributed by atoms with E-state index in [4.69, 9.17) is 4.74 Å². The lowest BCUT2D eigenvalue weighted by atomic mass is 9.97. The molecule has 1 aromatic rings. The largest absolute Gasteiger partial charge is 0.493 e. The minimum Gasteiger partial charge on any atom is -0.493 e. The zero-order chi connectivity index (χ0) is 13.1. The second-order valence-corrected chi connectivity index (χ2v) is 5.20. The fourth-order valence-corrected chi connectivity index (χ4v) is 2.18. The number of ether oxygens (including phenoxy) is 1. The number of aryl methyl sites for hydroxylation is 1. The van der Waals surface area contributed by atoms with E-state index in [1.54, 1.807) is 0 Å². The summed E-state index contributed by atoms with van der Waals surface area (Å²) in [5.74, 6) is 0.889. The number of carbonyl (C=O) groups is 1. The van der Waals surface area contributed by atoms with E-state index < -0.39 is 6.10 Å². The van der Waals surface area contributed by atoms with Crippen LogP contribution in [0.1, 0.15) is 31.4 Å². The number of Topliss-reactive ketones (excluding diaryl/α,β-unsaturated/α-hetero) is 1. The van der Waals surface area contributed by atoms with Crippen LogP contribution >= 0.6 is 0 Å². The van der Waals surface area contributed by atoms with E-state index >= 15 is 0 Å². The highest BCUT2D eigenvalue weighted by molar-refractivity contribution is 5.83. The van der Waals surface area contributed by atoms with Crippen molar-refractivity contribution in [1.29, 1.82) is 0 Å². The Bertz CT molecular complexity index is 437. The number of carbonyl (C=O) groups excluding carboxylic acids is 1. The first-order valence-electron chi connectivity index (χ1n) is 6.53. The molecule has 98 valence electrons. The number of hydrogen-bond acceptors (Lipinski definition) is 3. The maximum Gasteiger partial charge on any atom is 0.161 e. The molecule has 0 fully saturated rings. The highest BCUT2D eigenvalue weighted by atomic mass is 16.5. The molecule has 0 saturated heterocycles. The Morgan fingerprint density at radius 2 is 2.22 bits per heavy atom. The van der Waals surface area contributed by atoms with Crippen LogP contribution in [0.3, 0.4) is 0 Å². The highest BCUT2D eigenvalue weighted by Gasteiger charge is 2.18. The molecule has 0 aliphatic carbocycles. The molecule has 1 aliphatic heterocycles. The van der Waals surface area contributed by atoms with E-state index in [9.17, 15) is 9.90 Å². The highest BCUT2D eigenvalue weighted by Crippen LogP contribution is 2.26. The molecule has 0 bridgehead atoms. The van der Waals surface area contributed by atoms with Gasteiger partial charge in [-0.3, -0.25) is 4.79 Å². The van der Waals surface area contributed by atoms with Crippen molar-refractivity contribution in [2.45, 2.75) is 39.2 Å². The second kappa shape index (κ2) is 5.53. The van der Waals surface area contributed by atoms with Gasteiger partial charge in [-0.25, -0.2) is 0 Å². The van der Waals surface area contributed by atoms with Crippen molar-refractivity contribution in [2.24, 2.45) is 5.92 Å². The van der Waals surface area contributed by atoms with Crippen molar-refractivity contribution in [3.63, 3.8) is 0 Å². The Kier molecular flexibility index (Phi) is 4.02. The van der Waals surface area contributed by atoms with Crippen molar-refractivity contribution < 1.29 is 14.6 Å². The van der Waals surface area contributed by atoms with Gasteiger partial charge in [-0.05, 0) is 29.5 Å². The molecule has 0 saturated carbocycles. The summed E-state index contributed by atoms with van der Waals surface area (Å²) in [7, 11) is 0. The fraction of sp³-hybridized carbons (Fsp3) is 0.533. The molecule has 0 amide bonds. The van der Waals surface area contributed by atoms with Crippen LogP contribution in [-0.4, -0.2) is 23.6 Å². The Labute approximate surface area is 108 Å².